The minimum absolute atomic E-state index is 0.387. The van der Waals surface area contributed by atoms with Crippen molar-refractivity contribution in [1.29, 1.82) is 5.26 Å². The minimum atomic E-state index is -0.387. The molecule has 2 fully saturated rings. The van der Waals surface area contributed by atoms with E-state index in [4.69, 9.17) is 4.74 Å². The number of nitriles is 1. The smallest absolute Gasteiger partial charge is 0.129 e. The molecule has 3 nitrogen and oxygen atoms in total. The summed E-state index contributed by atoms with van der Waals surface area (Å²) in [5.74, 6) is 0.603. The molecule has 0 amide bonds. The van der Waals surface area contributed by atoms with E-state index in [0.717, 1.165) is 18.7 Å². The molecule has 1 N–H and O–H groups in total. The van der Waals surface area contributed by atoms with Crippen LogP contribution < -0.4 is 5.32 Å². The third-order valence-corrected chi connectivity index (χ3v) is 3.88. The highest BCUT2D eigenvalue weighted by atomic mass is 16.5. The zero-order valence-corrected chi connectivity index (χ0v) is 9.78. The summed E-state index contributed by atoms with van der Waals surface area (Å²) in [5.41, 5.74) is 2.09. The Labute approximate surface area is 101 Å². The minimum Gasteiger partial charge on any atom is -0.377 e. The van der Waals surface area contributed by atoms with Gasteiger partial charge in [0.15, 0.2) is 0 Å². The predicted molar refractivity (Wildman–Crippen MR) is 64.8 cm³/mol. The van der Waals surface area contributed by atoms with Crippen LogP contribution in [0.3, 0.4) is 0 Å². The molecule has 0 bridgehead atoms. The Morgan fingerprint density at radius 1 is 1.41 bits per heavy atom. The highest BCUT2D eigenvalue weighted by molar-refractivity contribution is 5.39. The zero-order chi connectivity index (χ0) is 11.7. The van der Waals surface area contributed by atoms with Gasteiger partial charge in [-0.15, -0.1) is 0 Å². The topological polar surface area (TPSA) is 45.0 Å². The number of ether oxygens (including phenoxy) is 1. The van der Waals surface area contributed by atoms with Crippen molar-refractivity contribution in [2.24, 2.45) is 0 Å². The first-order valence-corrected chi connectivity index (χ1v) is 6.14. The molecule has 2 aliphatic rings. The van der Waals surface area contributed by atoms with Crippen molar-refractivity contribution >= 4 is 0 Å². The maximum absolute atomic E-state index is 9.30. The molecule has 17 heavy (non-hydrogen) atoms. The van der Waals surface area contributed by atoms with Gasteiger partial charge in [-0.2, -0.15) is 5.26 Å². The van der Waals surface area contributed by atoms with Crippen LogP contribution in [0.25, 0.3) is 0 Å². The zero-order valence-electron chi connectivity index (χ0n) is 9.78. The van der Waals surface area contributed by atoms with Crippen molar-refractivity contribution < 1.29 is 4.74 Å². The molecule has 0 radical (unpaired) electrons. The third kappa shape index (κ3) is 1.74. The molecule has 1 aromatic carbocycles. The van der Waals surface area contributed by atoms with Gasteiger partial charge >= 0.3 is 0 Å². The van der Waals surface area contributed by atoms with Crippen molar-refractivity contribution in [3.63, 3.8) is 0 Å². The predicted octanol–water partition coefficient (Wildman–Crippen LogP) is 1.56. The van der Waals surface area contributed by atoms with Crippen LogP contribution in [0.5, 0.6) is 0 Å². The lowest BCUT2D eigenvalue weighted by molar-refractivity contribution is -0.0298. The first-order chi connectivity index (χ1) is 8.34. The van der Waals surface area contributed by atoms with Gasteiger partial charge in [0, 0.05) is 6.54 Å². The average Bonchev–Trinajstić information content (AvgIpc) is 2.82. The summed E-state index contributed by atoms with van der Waals surface area (Å²) in [7, 11) is 0. The second-order valence-corrected chi connectivity index (χ2v) is 5.00. The van der Waals surface area contributed by atoms with Crippen molar-refractivity contribution in [3.05, 3.63) is 35.4 Å². The Morgan fingerprint density at radius 3 is 2.88 bits per heavy atom. The van der Waals surface area contributed by atoms with Crippen molar-refractivity contribution in [2.75, 3.05) is 26.3 Å². The lowest BCUT2D eigenvalue weighted by atomic mass is 9.79. The van der Waals surface area contributed by atoms with E-state index in [2.05, 4.69) is 35.7 Å². The second kappa shape index (κ2) is 4.14. The molecule has 0 spiro atoms. The number of benzene rings is 1. The van der Waals surface area contributed by atoms with E-state index in [0.29, 0.717) is 19.1 Å². The molecule has 2 aliphatic heterocycles. The molecule has 3 rings (SSSR count). The largest absolute Gasteiger partial charge is 0.377 e. The monoisotopic (exact) mass is 228 g/mol. The fourth-order valence-corrected chi connectivity index (χ4v) is 2.63. The maximum Gasteiger partial charge on any atom is 0.129 e. The highest BCUT2D eigenvalue weighted by Gasteiger charge is 2.41. The fourth-order valence-electron chi connectivity index (χ4n) is 2.63. The molecule has 0 aromatic heterocycles. The molecular formula is C14H16N2O. The molecule has 88 valence electrons. The molecule has 3 heteroatoms. The number of hydrogen-bond acceptors (Lipinski definition) is 3. The molecule has 2 saturated heterocycles. The van der Waals surface area contributed by atoms with Gasteiger partial charge in [0.25, 0.3) is 0 Å². The van der Waals surface area contributed by atoms with Gasteiger partial charge in [-0.05, 0) is 30.0 Å². The average molecular weight is 228 g/mol. The van der Waals surface area contributed by atoms with Crippen LogP contribution >= 0.6 is 0 Å². The standard InChI is InChI=1S/C14H16N2O/c15-8-14(9-17-10-14)13-3-1-2-11(6-13)12-4-5-16-7-12/h1-3,6,12,16H,4-5,7,9-10H2. The summed E-state index contributed by atoms with van der Waals surface area (Å²) < 4.78 is 5.21. The molecule has 1 unspecified atom stereocenters. The van der Waals surface area contributed by atoms with Crippen LogP contribution in [0.1, 0.15) is 23.5 Å². The van der Waals surface area contributed by atoms with Gasteiger partial charge in [0.05, 0.1) is 19.3 Å². The van der Waals surface area contributed by atoms with Gasteiger partial charge in [-0.25, -0.2) is 0 Å². The summed E-state index contributed by atoms with van der Waals surface area (Å²) >= 11 is 0. The van der Waals surface area contributed by atoms with Gasteiger partial charge in [0.1, 0.15) is 5.41 Å². The van der Waals surface area contributed by atoms with Crippen LogP contribution in [0.15, 0.2) is 24.3 Å². The van der Waals surface area contributed by atoms with Crippen LogP contribution in [0.4, 0.5) is 0 Å². The molecule has 2 heterocycles. The second-order valence-electron chi connectivity index (χ2n) is 5.00. The number of nitrogens with one attached hydrogen (secondary N) is 1. The third-order valence-electron chi connectivity index (χ3n) is 3.88. The van der Waals surface area contributed by atoms with Crippen molar-refractivity contribution in [3.8, 4) is 6.07 Å². The Bertz CT molecular complexity index is 454. The van der Waals surface area contributed by atoms with Crippen LogP contribution in [0.2, 0.25) is 0 Å². The molecule has 1 aromatic rings. The van der Waals surface area contributed by atoms with Gasteiger partial charge < -0.3 is 10.1 Å². The highest BCUT2D eigenvalue weighted by Crippen LogP contribution is 2.34. The van der Waals surface area contributed by atoms with E-state index in [1.165, 1.54) is 12.0 Å². The summed E-state index contributed by atoms with van der Waals surface area (Å²) in [4.78, 5) is 0. The van der Waals surface area contributed by atoms with Crippen molar-refractivity contribution in [1.82, 2.24) is 5.32 Å². The number of rotatable bonds is 2. The Balaban J connectivity index is 1.91. The lowest BCUT2D eigenvalue weighted by Gasteiger charge is -2.35. The van der Waals surface area contributed by atoms with E-state index in [1.807, 2.05) is 0 Å². The molecular weight excluding hydrogens is 212 g/mol. The summed E-state index contributed by atoms with van der Waals surface area (Å²) in [6.07, 6.45) is 1.19. The normalized spacial score (nSPS) is 26.2. The summed E-state index contributed by atoms with van der Waals surface area (Å²) in [6.45, 7) is 3.23. The van der Waals surface area contributed by atoms with Crippen LogP contribution in [0, 0.1) is 11.3 Å². The maximum atomic E-state index is 9.30. The van der Waals surface area contributed by atoms with E-state index in [-0.39, 0.29) is 5.41 Å². The first-order valence-electron chi connectivity index (χ1n) is 6.14. The van der Waals surface area contributed by atoms with E-state index in [9.17, 15) is 5.26 Å². The number of nitrogens with zero attached hydrogens (tertiary/aromatic N) is 1. The number of hydrogen-bond donors (Lipinski definition) is 1. The lowest BCUT2D eigenvalue weighted by Crippen LogP contribution is -2.45. The van der Waals surface area contributed by atoms with Gasteiger partial charge in [-0.3, -0.25) is 0 Å². The quantitative estimate of drug-likeness (QED) is 0.835. The van der Waals surface area contributed by atoms with Crippen LogP contribution in [-0.2, 0) is 10.2 Å². The first kappa shape index (κ1) is 10.8. The molecule has 0 aliphatic carbocycles. The molecule has 0 saturated carbocycles. The Kier molecular flexibility index (Phi) is 2.62. The van der Waals surface area contributed by atoms with E-state index >= 15 is 0 Å². The Morgan fingerprint density at radius 2 is 2.29 bits per heavy atom. The summed E-state index contributed by atoms with van der Waals surface area (Å²) in [6, 6.07) is 10.9. The van der Waals surface area contributed by atoms with Gasteiger partial charge in [0.2, 0.25) is 0 Å². The fraction of sp³-hybridized carbons (Fsp3) is 0.500. The SMILES string of the molecule is N#CC1(c2cccc(C3CCNC3)c2)COC1. The van der Waals surface area contributed by atoms with E-state index < -0.39 is 0 Å². The molecule has 1 atom stereocenters. The van der Waals surface area contributed by atoms with Crippen LogP contribution in [-0.4, -0.2) is 26.3 Å². The summed E-state index contributed by atoms with van der Waals surface area (Å²) in [5, 5.41) is 12.7. The van der Waals surface area contributed by atoms with Crippen molar-refractivity contribution in [2.45, 2.75) is 17.8 Å². The van der Waals surface area contributed by atoms with Gasteiger partial charge in [-0.1, -0.05) is 24.3 Å². The van der Waals surface area contributed by atoms with E-state index in [1.54, 1.807) is 0 Å². The Hall–Kier alpha value is -1.37.